The fraction of sp³-hybridized carbons (Fsp3) is 0.471. The van der Waals surface area contributed by atoms with Crippen molar-refractivity contribution in [3.8, 4) is 0 Å². The first kappa shape index (κ1) is 14.0. The van der Waals surface area contributed by atoms with Crippen molar-refractivity contribution in [3.05, 3.63) is 29.8 Å². The zero-order valence-corrected chi connectivity index (χ0v) is 12.2. The molecule has 1 saturated heterocycles. The smallest absolute Gasteiger partial charge is 0.240 e. The maximum atomic E-state index is 12.9. The predicted molar refractivity (Wildman–Crippen MR) is 79.1 cm³/mol. The van der Waals surface area contributed by atoms with Gasteiger partial charge in [0.1, 0.15) is 0 Å². The first-order valence-electron chi connectivity index (χ1n) is 7.52. The molecular formula is C17H19NO3. The third-order valence-corrected chi connectivity index (χ3v) is 4.73. The van der Waals surface area contributed by atoms with E-state index in [1.165, 1.54) is 11.8 Å². The summed E-state index contributed by atoms with van der Waals surface area (Å²) in [6.45, 7) is 1.46. The normalized spacial score (nSPS) is 21.1. The van der Waals surface area contributed by atoms with Crippen LogP contribution in [0.2, 0.25) is 0 Å². The number of anilines is 1. The minimum atomic E-state index is -0.515. The Hall–Kier alpha value is -1.97. The van der Waals surface area contributed by atoms with E-state index in [0.29, 0.717) is 11.3 Å². The summed E-state index contributed by atoms with van der Waals surface area (Å²) < 4.78 is 0. The zero-order chi connectivity index (χ0) is 15.0. The highest BCUT2D eigenvalue weighted by molar-refractivity contribution is 6.24. The maximum absolute atomic E-state index is 12.9. The van der Waals surface area contributed by atoms with Gasteiger partial charge in [-0.2, -0.15) is 0 Å². The fourth-order valence-electron chi connectivity index (χ4n) is 3.62. The standard InChI is InChI=1S/C17H19NO3/c1-12(19)13-7-3-4-8-14(13)18-15(20)11-17(16(18)21)9-5-2-6-10-17/h3-4,7-8H,2,5-6,9-11H2,1H3. The molecule has 1 aliphatic carbocycles. The molecule has 0 radical (unpaired) electrons. The first-order chi connectivity index (χ1) is 10.1. The Morgan fingerprint density at radius 1 is 1.10 bits per heavy atom. The number of benzene rings is 1. The molecule has 110 valence electrons. The number of imide groups is 1. The van der Waals surface area contributed by atoms with Gasteiger partial charge in [0.25, 0.3) is 0 Å². The Kier molecular flexibility index (Phi) is 3.40. The highest BCUT2D eigenvalue weighted by Gasteiger charge is 2.52. The molecule has 0 bridgehead atoms. The lowest BCUT2D eigenvalue weighted by Gasteiger charge is -2.30. The van der Waals surface area contributed by atoms with Crippen LogP contribution in [0.5, 0.6) is 0 Å². The molecule has 1 aliphatic heterocycles. The first-order valence-corrected chi connectivity index (χ1v) is 7.52. The lowest BCUT2D eigenvalue weighted by molar-refractivity contribution is -0.127. The number of hydrogen-bond donors (Lipinski definition) is 0. The molecule has 0 aromatic heterocycles. The average molecular weight is 285 g/mol. The minimum Gasteiger partial charge on any atom is -0.294 e. The molecule has 1 heterocycles. The number of hydrogen-bond acceptors (Lipinski definition) is 3. The SMILES string of the molecule is CC(=O)c1ccccc1N1C(=O)CC2(CCCCC2)C1=O. The summed E-state index contributed by atoms with van der Waals surface area (Å²) in [5, 5.41) is 0. The van der Waals surface area contributed by atoms with Crippen molar-refractivity contribution in [3.63, 3.8) is 0 Å². The minimum absolute atomic E-state index is 0.110. The largest absolute Gasteiger partial charge is 0.294 e. The molecule has 2 fully saturated rings. The molecule has 3 rings (SSSR count). The van der Waals surface area contributed by atoms with Crippen molar-refractivity contribution in [1.29, 1.82) is 0 Å². The Labute approximate surface area is 124 Å². The second kappa shape index (κ2) is 5.10. The molecular weight excluding hydrogens is 266 g/mol. The second-order valence-electron chi connectivity index (χ2n) is 6.13. The van der Waals surface area contributed by atoms with Gasteiger partial charge >= 0.3 is 0 Å². The van der Waals surface area contributed by atoms with Crippen LogP contribution in [0.3, 0.4) is 0 Å². The molecule has 2 aliphatic rings. The average Bonchev–Trinajstić information content (AvgIpc) is 2.70. The molecule has 1 spiro atoms. The van der Waals surface area contributed by atoms with Crippen LogP contribution in [0, 0.1) is 5.41 Å². The van der Waals surface area contributed by atoms with Crippen molar-refractivity contribution in [2.75, 3.05) is 4.90 Å². The monoisotopic (exact) mass is 285 g/mol. The molecule has 4 heteroatoms. The van der Waals surface area contributed by atoms with Crippen LogP contribution in [-0.2, 0) is 9.59 Å². The van der Waals surface area contributed by atoms with Gasteiger partial charge in [-0.1, -0.05) is 31.4 Å². The lowest BCUT2D eigenvalue weighted by atomic mass is 9.73. The number of amides is 2. The molecule has 0 atom stereocenters. The van der Waals surface area contributed by atoms with Crippen LogP contribution < -0.4 is 4.90 Å². The van der Waals surface area contributed by atoms with Gasteiger partial charge in [0.2, 0.25) is 11.8 Å². The Bertz CT molecular complexity index is 614. The summed E-state index contributed by atoms with van der Waals surface area (Å²) in [4.78, 5) is 38.3. The van der Waals surface area contributed by atoms with Gasteiger partial charge in [0.05, 0.1) is 11.1 Å². The summed E-state index contributed by atoms with van der Waals surface area (Å²) in [6, 6.07) is 6.87. The van der Waals surface area contributed by atoms with Crippen molar-refractivity contribution < 1.29 is 14.4 Å². The number of para-hydroxylation sites is 1. The van der Waals surface area contributed by atoms with E-state index in [1.54, 1.807) is 24.3 Å². The molecule has 1 saturated carbocycles. The summed E-state index contributed by atoms with van der Waals surface area (Å²) in [5.74, 6) is -0.410. The third kappa shape index (κ3) is 2.19. The third-order valence-electron chi connectivity index (χ3n) is 4.73. The van der Waals surface area contributed by atoms with E-state index in [9.17, 15) is 14.4 Å². The van der Waals surface area contributed by atoms with E-state index in [1.807, 2.05) is 0 Å². The van der Waals surface area contributed by atoms with Gasteiger partial charge in [-0.25, -0.2) is 4.90 Å². The molecule has 2 amide bonds. The highest BCUT2D eigenvalue weighted by Crippen LogP contribution is 2.46. The van der Waals surface area contributed by atoms with E-state index in [-0.39, 0.29) is 24.0 Å². The molecule has 21 heavy (non-hydrogen) atoms. The number of carbonyl (C=O) groups excluding carboxylic acids is 3. The fourth-order valence-corrected chi connectivity index (χ4v) is 3.62. The number of carbonyl (C=O) groups is 3. The number of nitrogens with zero attached hydrogens (tertiary/aromatic N) is 1. The van der Waals surface area contributed by atoms with Crippen molar-refractivity contribution in [1.82, 2.24) is 0 Å². The maximum Gasteiger partial charge on any atom is 0.240 e. The lowest BCUT2D eigenvalue weighted by Crippen LogP contribution is -2.37. The van der Waals surface area contributed by atoms with Crippen LogP contribution in [0.4, 0.5) is 5.69 Å². The summed E-state index contributed by atoms with van der Waals surface area (Å²) in [6.07, 6.45) is 5.00. The van der Waals surface area contributed by atoms with Crippen LogP contribution in [0.25, 0.3) is 0 Å². The summed E-state index contributed by atoms with van der Waals surface area (Å²) in [5.41, 5.74) is 0.369. The second-order valence-corrected chi connectivity index (χ2v) is 6.13. The van der Waals surface area contributed by atoms with E-state index < -0.39 is 5.41 Å². The van der Waals surface area contributed by atoms with Gasteiger partial charge < -0.3 is 0 Å². The van der Waals surface area contributed by atoms with Crippen molar-refractivity contribution in [2.45, 2.75) is 45.4 Å². The van der Waals surface area contributed by atoms with E-state index >= 15 is 0 Å². The quantitative estimate of drug-likeness (QED) is 0.619. The Balaban J connectivity index is 2.02. The van der Waals surface area contributed by atoms with Gasteiger partial charge in [-0.3, -0.25) is 14.4 Å². The summed E-state index contributed by atoms with van der Waals surface area (Å²) >= 11 is 0. The number of ketones is 1. The van der Waals surface area contributed by atoms with Crippen molar-refractivity contribution in [2.24, 2.45) is 5.41 Å². The number of rotatable bonds is 2. The van der Waals surface area contributed by atoms with E-state index in [4.69, 9.17) is 0 Å². The topological polar surface area (TPSA) is 54.5 Å². The van der Waals surface area contributed by atoms with Gasteiger partial charge in [-0.05, 0) is 31.9 Å². The molecule has 0 N–H and O–H groups in total. The van der Waals surface area contributed by atoms with E-state index in [2.05, 4.69) is 0 Å². The number of Topliss-reactive ketones (excluding diaryl/α,β-unsaturated/α-hetero) is 1. The zero-order valence-electron chi connectivity index (χ0n) is 12.2. The van der Waals surface area contributed by atoms with Crippen LogP contribution in [0.15, 0.2) is 24.3 Å². The summed E-state index contributed by atoms with van der Waals surface area (Å²) in [7, 11) is 0. The van der Waals surface area contributed by atoms with Crippen LogP contribution in [0.1, 0.15) is 55.8 Å². The Morgan fingerprint density at radius 2 is 1.76 bits per heavy atom. The molecule has 1 aromatic rings. The van der Waals surface area contributed by atoms with Crippen LogP contribution in [-0.4, -0.2) is 17.6 Å². The van der Waals surface area contributed by atoms with E-state index in [0.717, 1.165) is 32.1 Å². The molecule has 4 nitrogen and oxygen atoms in total. The highest BCUT2D eigenvalue weighted by atomic mass is 16.2. The van der Waals surface area contributed by atoms with Crippen LogP contribution >= 0.6 is 0 Å². The molecule has 0 unspecified atom stereocenters. The molecule has 1 aromatic carbocycles. The van der Waals surface area contributed by atoms with Gasteiger partial charge in [-0.15, -0.1) is 0 Å². The van der Waals surface area contributed by atoms with Gasteiger partial charge in [0.15, 0.2) is 5.78 Å². The predicted octanol–water partition coefficient (Wildman–Crippen LogP) is 3.10. The van der Waals surface area contributed by atoms with Crippen molar-refractivity contribution >= 4 is 23.3 Å². The van der Waals surface area contributed by atoms with Gasteiger partial charge in [0, 0.05) is 12.0 Å². The Morgan fingerprint density at radius 3 is 2.43 bits per heavy atom.